The molecule has 0 atom stereocenters. The predicted octanol–water partition coefficient (Wildman–Crippen LogP) is 2.13. The van der Waals surface area contributed by atoms with E-state index in [1.165, 1.54) is 29.7 Å². The normalized spacial score (nSPS) is 14.6. The van der Waals surface area contributed by atoms with Gasteiger partial charge in [0, 0.05) is 19.6 Å². The summed E-state index contributed by atoms with van der Waals surface area (Å²) in [5.74, 6) is 0. The number of hydrogen-bond acceptors (Lipinski definition) is 2. The summed E-state index contributed by atoms with van der Waals surface area (Å²) in [5, 5.41) is 3.38. The zero-order chi connectivity index (χ0) is 10.7. The molecule has 0 aromatic heterocycles. The van der Waals surface area contributed by atoms with Crippen molar-refractivity contribution in [2.45, 2.75) is 33.0 Å². The first-order valence-corrected chi connectivity index (χ1v) is 5.79. The summed E-state index contributed by atoms with van der Waals surface area (Å²) in [6.45, 7) is 6.56. The second kappa shape index (κ2) is 4.77. The molecule has 0 saturated carbocycles. The van der Waals surface area contributed by atoms with E-state index in [1.54, 1.807) is 0 Å². The fourth-order valence-electron chi connectivity index (χ4n) is 2.22. The van der Waals surface area contributed by atoms with Crippen molar-refractivity contribution in [2.75, 3.05) is 13.6 Å². The Hall–Kier alpha value is -0.860. The second-order valence-corrected chi connectivity index (χ2v) is 4.44. The molecule has 0 unspecified atom stereocenters. The number of nitrogens with zero attached hydrogens (tertiary/aromatic N) is 1. The minimum absolute atomic E-state index is 1.04. The summed E-state index contributed by atoms with van der Waals surface area (Å²) in [6, 6.07) is 6.88. The zero-order valence-electron chi connectivity index (χ0n) is 9.71. The highest BCUT2D eigenvalue weighted by molar-refractivity contribution is 5.34. The first kappa shape index (κ1) is 10.7. The van der Waals surface area contributed by atoms with Crippen molar-refractivity contribution in [3.63, 3.8) is 0 Å². The van der Waals surface area contributed by atoms with Gasteiger partial charge in [0.1, 0.15) is 0 Å². The quantitative estimate of drug-likeness (QED) is 0.808. The van der Waals surface area contributed by atoms with Gasteiger partial charge < -0.3 is 10.2 Å². The molecule has 0 bridgehead atoms. The Morgan fingerprint density at radius 1 is 1.27 bits per heavy atom. The Kier molecular flexibility index (Phi) is 3.39. The Balaban J connectivity index is 2.03. The van der Waals surface area contributed by atoms with Crippen LogP contribution in [0.15, 0.2) is 18.2 Å². The maximum absolute atomic E-state index is 3.38. The summed E-state index contributed by atoms with van der Waals surface area (Å²) in [6.07, 6.45) is 1.23. The minimum Gasteiger partial charge on any atom is -0.309 e. The third-order valence-electron chi connectivity index (χ3n) is 2.96. The second-order valence-electron chi connectivity index (χ2n) is 4.44. The highest BCUT2D eigenvalue weighted by Crippen LogP contribution is 2.17. The van der Waals surface area contributed by atoms with E-state index in [4.69, 9.17) is 0 Å². The van der Waals surface area contributed by atoms with Gasteiger partial charge in [-0.1, -0.05) is 25.1 Å². The van der Waals surface area contributed by atoms with Crippen molar-refractivity contribution in [2.24, 2.45) is 0 Å². The van der Waals surface area contributed by atoms with Crippen LogP contribution in [0.3, 0.4) is 0 Å². The molecular formula is C13H20N2. The van der Waals surface area contributed by atoms with Gasteiger partial charge in [0.15, 0.2) is 0 Å². The van der Waals surface area contributed by atoms with Crippen molar-refractivity contribution in [1.82, 2.24) is 10.2 Å². The fraction of sp³-hybridized carbons (Fsp3) is 0.538. The van der Waals surface area contributed by atoms with Gasteiger partial charge in [-0.3, -0.25) is 0 Å². The third kappa shape index (κ3) is 2.58. The van der Waals surface area contributed by atoms with Crippen LogP contribution in [0.2, 0.25) is 0 Å². The van der Waals surface area contributed by atoms with E-state index in [9.17, 15) is 0 Å². The molecule has 2 heteroatoms. The van der Waals surface area contributed by atoms with Gasteiger partial charge in [0.2, 0.25) is 0 Å². The van der Waals surface area contributed by atoms with E-state index in [2.05, 4.69) is 42.4 Å². The molecule has 0 radical (unpaired) electrons. The molecule has 1 aromatic rings. The average molecular weight is 204 g/mol. The van der Waals surface area contributed by atoms with Crippen LogP contribution < -0.4 is 5.32 Å². The van der Waals surface area contributed by atoms with Crippen LogP contribution in [0.5, 0.6) is 0 Å². The maximum Gasteiger partial charge on any atom is 0.0230 e. The largest absolute Gasteiger partial charge is 0.309 e. The monoisotopic (exact) mass is 204 g/mol. The molecule has 1 heterocycles. The average Bonchev–Trinajstić information content (AvgIpc) is 2.65. The van der Waals surface area contributed by atoms with Crippen LogP contribution in [0, 0.1) is 0 Å². The Bertz CT molecular complexity index is 333. The summed E-state index contributed by atoms with van der Waals surface area (Å²) < 4.78 is 0. The molecular weight excluding hydrogens is 184 g/mol. The van der Waals surface area contributed by atoms with E-state index in [0.717, 1.165) is 19.6 Å². The van der Waals surface area contributed by atoms with Gasteiger partial charge in [-0.05, 0) is 36.7 Å². The molecule has 0 spiro atoms. The highest BCUT2D eigenvalue weighted by atomic mass is 15.1. The number of fused-ring (bicyclic) bond motifs is 1. The smallest absolute Gasteiger partial charge is 0.0230 e. The highest BCUT2D eigenvalue weighted by Gasteiger charge is 2.10. The molecule has 82 valence electrons. The van der Waals surface area contributed by atoms with Crippen LogP contribution in [0.4, 0.5) is 0 Å². The van der Waals surface area contributed by atoms with Gasteiger partial charge in [-0.25, -0.2) is 0 Å². The molecule has 2 nitrogen and oxygen atoms in total. The topological polar surface area (TPSA) is 15.3 Å². The summed E-state index contributed by atoms with van der Waals surface area (Å²) in [5.41, 5.74) is 4.39. The Morgan fingerprint density at radius 2 is 2.07 bits per heavy atom. The van der Waals surface area contributed by atoms with Crippen molar-refractivity contribution < 1.29 is 0 Å². The lowest BCUT2D eigenvalue weighted by Gasteiger charge is -2.15. The number of hydrogen-bond donors (Lipinski definition) is 1. The predicted molar refractivity (Wildman–Crippen MR) is 63.6 cm³/mol. The standard InChI is InChI=1S/C13H20N2/c1-3-6-15(2)10-11-4-5-12-8-14-9-13(12)7-11/h4-5,7,14H,3,6,8-10H2,1-2H3. The fourth-order valence-corrected chi connectivity index (χ4v) is 2.22. The van der Waals surface area contributed by atoms with E-state index < -0.39 is 0 Å². The molecule has 1 aliphatic rings. The molecule has 15 heavy (non-hydrogen) atoms. The van der Waals surface area contributed by atoms with Crippen LogP contribution in [-0.4, -0.2) is 18.5 Å². The van der Waals surface area contributed by atoms with Crippen molar-refractivity contribution in [3.8, 4) is 0 Å². The molecule has 0 fully saturated rings. The summed E-state index contributed by atoms with van der Waals surface area (Å²) in [7, 11) is 2.19. The molecule has 0 aliphatic carbocycles. The van der Waals surface area contributed by atoms with Crippen LogP contribution in [0.25, 0.3) is 0 Å². The van der Waals surface area contributed by atoms with Gasteiger partial charge in [-0.15, -0.1) is 0 Å². The van der Waals surface area contributed by atoms with E-state index in [-0.39, 0.29) is 0 Å². The van der Waals surface area contributed by atoms with Gasteiger partial charge in [-0.2, -0.15) is 0 Å². The van der Waals surface area contributed by atoms with E-state index >= 15 is 0 Å². The van der Waals surface area contributed by atoms with E-state index in [1.807, 2.05) is 0 Å². The van der Waals surface area contributed by atoms with E-state index in [0.29, 0.717) is 0 Å². The lowest BCUT2D eigenvalue weighted by molar-refractivity contribution is 0.327. The molecule has 0 amide bonds. The number of benzene rings is 1. The third-order valence-corrected chi connectivity index (χ3v) is 2.96. The Labute approximate surface area is 92.3 Å². The van der Waals surface area contributed by atoms with Gasteiger partial charge in [0.25, 0.3) is 0 Å². The molecule has 2 rings (SSSR count). The van der Waals surface area contributed by atoms with Crippen LogP contribution >= 0.6 is 0 Å². The lowest BCUT2D eigenvalue weighted by Crippen LogP contribution is -2.18. The van der Waals surface area contributed by atoms with Crippen molar-refractivity contribution in [3.05, 3.63) is 34.9 Å². The molecule has 1 aliphatic heterocycles. The first-order valence-electron chi connectivity index (χ1n) is 5.79. The van der Waals surface area contributed by atoms with Crippen LogP contribution in [0.1, 0.15) is 30.0 Å². The lowest BCUT2D eigenvalue weighted by atomic mass is 10.1. The SMILES string of the molecule is CCCN(C)Cc1ccc2c(c1)CNC2. The molecule has 1 N–H and O–H groups in total. The molecule has 1 aromatic carbocycles. The summed E-state index contributed by atoms with van der Waals surface area (Å²) in [4.78, 5) is 2.38. The number of nitrogens with one attached hydrogen (secondary N) is 1. The van der Waals surface area contributed by atoms with Gasteiger partial charge >= 0.3 is 0 Å². The number of rotatable bonds is 4. The Morgan fingerprint density at radius 3 is 2.87 bits per heavy atom. The van der Waals surface area contributed by atoms with Gasteiger partial charge in [0.05, 0.1) is 0 Å². The van der Waals surface area contributed by atoms with Crippen molar-refractivity contribution >= 4 is 0 Å². The molecule has 0 saturated heterocycles. The van der Waals surface area contributed by atoms with Crippen LogP contribution in [-0.2, 0) is 19.6 Å². The zero-order valence-corrected chi connectivity index (χ0v) is 9.71. The maximum atomic E-state index is 3.38. The minimum atomic E-state index is 1.04. The van der Waals surface area contributed by atoms with Crippen molar-refractivity contribution in [1.29, 1.82) is 0 Å². The summed E-state index contributed by atoms with van der Waals surface area (Å²) >= 11 is 0. The first-order chi connectivity index (χ1) is 7.29.